The molecule has 1 unspecified atom stereocenters. The number of hydrogen-bond donors (Lipinski definition) is 1. The first-order valence-corrected chi connectivity index (χ1v) is 7.52. The Hall–Kier alpha value is -1.13. The van der Waals surface area contributed by atoms with E-state index in [2.05, 4.69) is 0 Å². The van der Waals surface area contributed by atoms with Crippen molar-refractivity contribution in [3.63, 3.8) is 0 Å². The molecular weight excluding hydrogens is 256 g/mol. The van der Waals surface area contributed by atoms with Gasteiger partial charge in [0.05, 0.1) is 6.07 Å². The fourth-order valence-corrected chi connectivity index (χ4v) is 3.80. The van der Waals surface area contributed by atoms with Gasteiger partial charge in [0.15, 0.2) is 5.25 Å². The number of hydrogen-bond acceptors (Lipinski definition) is 4. The summed E-state index contributed by atoms with van der Waals surface area (Å²) in [7, 11) is -3.55. The second-order valence-corrected chi connectivity index (χ2v) is 6.63. The second kappa shape index (κ2) is 6.16. The molecule has 0 spiro atoms. The fourth-order valence-electron chi connectivity index (χ4n) is 2.16. The molecule has 0 aromatic heterocycles. The van der Waals surface area contributed by atoms with Crippen LogP contribution in [-0.2, 0) is 14.8 Å². The topological polar surface area (TPSA) is 98.5 Å². The first-order chi connectivity index (χ1) is 8.41. The number of nitriles is 1. The lowest BCUT2D eigenvalue weighted by Gasteiger charge is -2.31. The number of carboxylic acids is 1. The number of piperidine rings is 1. The molecule has 0 radical (unpaired) electrons. The Morgan fingerprint density at radius 3 is 2.44 bits per heavy atom. The molecule has 102 valence electrons. The van der Waals surface area contributed by atoms with Crippen LogP contribution in [0, 0.1) is 17.2 Å². The maximum absolute atomic E-state index is 12.1. The van der Waals surface area contributed by atoms with E-state index in [1.807, 2.05) is 6.07 Å². The van der Waals surface area contributed by atoms with Crippen LogP contribution in [0.2, 0.25) is 0 Å². The first kappa shape index (κ1) is 14.9. The van der Waals surface area contributed by atoms with Crippen LogP contribution in [0.4, 0.5) is 0 Å². The van der Waals surface area contributed by atoms with E-state index >= 15 is 0 Å². The molecule has 0 bridgehead atoms. The zero-order chi connectivity index (χ0) is 13.8. The van der Waals surface area contributed by atoms with Crippen LogP contribution in [-0.4, -0.2) is 42.1 Å². The lowest BCUT2D eigenvalue weighted by atomic mass is 9.95. The summed E-state index contributed by atoms with van der Waals surface area (Å²) in [5, 5.41) is 16.5. The van der Waals surface area contributed by atoms with E-state index in [0.29, 0.717) is 25.9 Å². The maximum atomic E-state index is 12.1. The molecule has 0 aromatic carbocycles. The van der Waals surface area contributed by atoms with Crippen LogP contribution in [0.1, 0.15) is 32.6 Å². The van der Waals surface area contributed by atoms with Crippen molar-refractivity contribution >= 4 is 16.0 Å². The molecule has 0 aromatic rings. The van der Waals surface area contributed by atoms with Gasteiger partial charge in [0, 0.05) is 19.5 Å². The number of carbonyl (C=O) groups is 1. The Morgan fingerprint density at radius 2 is 2.06 bits per heavy atom. The average molecular weight is 274 g/mol. The van der Waals surface area contributed by atoms with Gasteiger partial charge < -0.3 is 5.11 Å². The highest BCUT2D eigenvalue weighted by Gasteiger charge is 2.34. The van der Waals surface area contributed by atoms with Crippen molar-refractivity contribution in [2.75, 3.05) is 13.1 Å². The van der Waals surface area contributed by atoms with Gasteiger partial charge in [-0.1, -0.05) is 6.92 Å². The number of nitrogens with zero attached hydrogens (tertiary/aromatic N) is 2. The Labute approximate surface area is 107 Å². The summed E-state index contributed by atoms with van der Waals surface area (Å²) in [5.74, 6) is -0.809. The highest BCUT2D eigenvalue weighted by molar-refractivity contribution is 7.90. The first-order valence-electron chi connectivity index (χ1n) is 6.02. The van der Waals surface area contributed by atoms with E-state index in [4.69, 9.17) is 10.4 Å². The van der Waals surface area contributed by atoms with Crippen molar-refractivity contribution in [1.29, 1.82) is 5.26 Å². The van der Waals surface area contributed by atoms with E-state index in [1.165, 1.54) is 4.31 Å². The normalized spacial score (nSPS) is 20.2. The van der Waals surface area contributed by atoms with Gasteiger partial charge in [-0.25, -0.2) is 12.7 Å². The molecule has 1 fully saturated rings. The molecule has 1 aliphatic heterocycles. The summed E-state index contributed by atoms with van der Waals surface area (Å²) in [6, 6.07) is 1.81. The van der Waals surface area contributed by atoms with Crippen LogP contribution in [0.3, 0.4) is 0 Å². The third kappa shape index (κ3) is 3.43. The van der Waals surface area contributed by atoms with E-state index in [1.54, 1.807) is 6.92 Å². The van der Waals surface area contributed by atoms with Crippen LogP contribution in [0.5, 0.6) is 0 Å². The summed E-state index contributed by atoms with van der Waals surface area (Å²) in [6.07, 6.45) is 1.46. The Kier molecular flexibility index (Phi) is 5.11. The minimum atomic E-state index is -3.55. The van der Waals surface area contributed by atoms with E-state index in [-0.39, 0.29) is 18.8 Å². The van der Waals surface area contributed by atoms with Gasteiger partial charge >= 0.3 is 5.97 Å². The van der Waals surface area contributed by atoms with Crippen LogP contribution in [0.25, 0.3) is 0 Å². The lowest BCUT2D eigenvalue weighted by Crippen LogP contribution is -2.43. The van der Waals surface area contributed by atoms with Gasteiger partial charge in [0.2, 0.25) is 10.0 Å². The summed E-state index contributed by atoms with van der Waals surface area (Å²) >= 11 is 0. The summed E-state index contributed by atoms with van der Waals surface area (Å²) < 4.78 is 25.4. The predicted molar refractivity (Wildman–Crippen MR) is 65.2 cm³/mol. The molecule has 0 saturated carbocycles. The molecule has 0 aliphatic carbocycles. The van der Waals surface area contributed by atoms with Gasteiger partial charge in [-0.05, 0) is 25.2 Å². The molecule has 1 N–H and O–H groups in total. The largest absolute Gasteiger partial charge is 0.481 e. The molecular formula is C11H18N2O4S. The number of aliphatic carboxylic acids is 1. The van der Waals surface area contributed by atoms with E-state index < -0.39 is 21.2 Å². The Bertz CT molecular complexity index is 432. The van der Waals surface area contributed by atoms with Crippen molar-refractivity contribution in [3.05, 3.63) is 0 Å². The van der Waals surface area contributed by atoms with Crippen molar-refractivity contribution in [1.82, 2.24) is 4.31 Å². The summed E-state index contributed by atoms with van der Waals surface area (Å²) in [4.78, 5) is 10.6. The molecule has 0 amide bonds. The van der Waals surface area contributed by atoms with Crippen LogP contribution < -0.4 is 0 Å². The van der Waals surface area contributed by atoms with Gasteiger partial charge in [-0.3, -0.25) is 4.79 Å². The number of rotatable bonds is 5. The van der Waals surface area contributed by atoms with E-state index in [0.717, 1.165) is 0 Å². The highest BCUT2D eigenvalue weighted by atomic mass is 32.2. The molecule has 1 saturated heterocycles. The van der Waals surface area contributed by atoms with Gasteiger partial charge in [0.25, 0.3) is 0 Å². The second-order valence-electron chi connectivity index (χ2n) is 4.51. The van der Waals surface area contributed by atoms with Gasteiger partial charge in [0.1, 0.15) is 0 Å². The molecule has 6 nitrogen and oxygen atoms in total. The predicted octanol–water partition coefficient (Wildman–Crippen LogP) is 0.805. The SMILES string of the molecule is CCC(C#N)S(=O)(=O)N1CCC(CC(=O)O)CC1. The zero-order valence-corrected chi connectivity index (χ0v) is 11.2. The highest BCUT2D eigenvalue weighted by Crippen LogP contribution is 2.24. The smallest absolute Gasteiger partial charge is 0.303 e. The zero-order valence-electron chi connectivity index (χ0n) is 10.4. The van der Waals surface area contributed by atoms with Crippen LogP contribution in [0.15, 0.2) is 0 Å². The average Bonchev–Trinajstić information content (AvgIpc) is 2.30. The van der Waals surface area contributed by atoms with Crippen molar-refractivity contribution in [3.8, 4) is 6.07 Å². The molecule has 18 heavy (non-hydrogen) atoms. The monoisotopic (exact) mass is 274 g/mol. The van der Waals surface area contributed by atoms with E-state index in [9.17, 15) is 13.2 Å². The van der Waals surface area contributed by atoms with Crippen molar-refractivity contribution < 1.29 is 18.3 Å². The van der Waals surface area contributed by atoms with Crippen molar-refractivity contribution in [2.24, 2.45) is 5.92 Å². The third-order valence-corrected chi connectivity index (χ3v) is 5.51. The molecule has 1 heterocycles. The quantitative estimate of drug-likeness (QED) is 0.799. The Balaban J connectivity index is 2.63. The minimum Gasteiger partial charge on any atom is -0.481 e. The molecule has 1 rings (SSSR count). The fraction of sp³-hybridized carbons (Fsp3) is 0.818. The number of sulfonamides is 1. The summed E-state index contributed by atoms with van der Waals surface area (Å²) in [5.41, 5.74) is 0. The van der Waals surface area contributed by atoms with Crippen molar-refractivity contribution in [2.45, 2.75) is 37.9 Å². The van der Waals surface area contributed by atoms with Gasteiger partial charge in [-0.15, -0.1) is 0 Å². The third-order valence-electron chi connectivity index (χ3n) is 3.27. The number of carboxylic acid groups (broad SMARTS) is 1. The molecule has 1 atom stereocenters. The lowest BCUT2D eigenvalue weighted by molar-refractivity contribution is -0.138. The van der Waals surface area contributed by atoms with Gasteiger partial charge in [-0.2, -0.15) is 5.26 Å². The molecule has 7 heteroatoms. The molecule has 1 aliphatic rings. The minimum absolute atomic E-state index is 0.0381. The van der Waals surface area contributed by atoms with Crippen LogP contribution >= 0.6 is 0 Å². The summed E-state index contributed by atoms with van der Waals surface area (Å²) in [6.45, 7) is 2.31. The Morgan fingerprint density at radius 1 is 1.50 bits per heavy atom. The standard InChI is InChI=1S/C11H18N2O4S/c1-2-10(8-12)18(16,17)13-5-3-9(4-6-13)7-11(14)15/h9-10H,2-7H2,1H3,(H,14,15). The maximum Gasteiger partial charge on any atom is 0.303 e.